The van der Waals surface area contributed by atoms with Crippen molar-refractivity contribution in [1.82, 2.24) is 10.2 Å². The second-order valence-electron chi connectivity index (χ2n) is 5.51. The summed E-state index contributed by atoms with van der Waals surface area (Å²) in [6.07, 6.45) is 9.41. The Morgan fingerprint density at radius 2 is 1.70 bits per heavy atom. The number of aryl methyl sites for hydroxylation is 1. The van der Waals surface area contributed by atoms with Crippen LogP contribution in [-0.2, 0) is 19.4 Å². The monoisotopic (exact) mass is 267 g/mol. The molecule has 1 heterocycles. The largest absolute Gasteiger partial charge is 0.326 e. The van der Waals surface area contributed by atoms with Crippen molar-refractivity contribution in [2.75, 3.05) is 0 Å². The summed E-state index contributed by atoms with van der Waals surface area (Å²) in [5, 5.41) is 8.62. The zero-order valence-electron chi connectivity index (χ0n) is 11.8. The first-order chi connectivity index (χ1) is 9.88. The minimum atomic E-state index is 0.582. The predicted octanol–water partition coefficient (Wildman–Crippen LogP) is 3.26. The van der Waals surface area contributed by atoms with Gasteiger partial charge in [-0.25, -0.2) is 0 Å². The van der Waals surface area contributed by atoms with Gasteiger partial charge in [-0.1, -0.05) is 37.1 Å². The van der Waals surface area contributed by atoms with Crippen molar-refractivity contribution < 1.29 is 0 Å². The van der Waals surface area contributed by atoms with Gasteiger partial charge in [0.1, 0.15) is 0 Å². The van der Waals surface area contributed by atoms with Gasteiger partial charge in [-0.05, 0) is 42.4 Å². The van der Waals surface area contributed by atoms with Crippen LogP contribution in [0.3, 0.4) is 0 Å². The van der Waals surface area contributed by atoms with E-state index in [1.165, 1.54) is 36.8 Å². The summed E-state index contributed by atoms with van der Waals surface area (Å²) in [5.41, 5.74) is 11.8. The van der Waals surface area contributed by atoms with Gasteiger partial charge in [0, 0.05) is 12.1 Å². The van der Waals surface area contributed by atoms with Gasteiger partial charge in [0.2, 0.25) is 0 Å². The lowest BCUT2D eigenvalue weighted by atomic mass is 9.91. The Bertz CT molecular complexity index is 575. The molecule has 0 unspecified atom stereocenters. The zero-order chi connectivity index (χ0) is 13.8. The number of fused-ring (bicyclic) bond motifs is 1. The van der Waals surface area contributed by atoms with E-state index in [-0.39, 0.29) is 0 Å². The van der Waals surface area contributed by atoms with Gasteiger partial charge in [-0.3, -0.25) is 0 Å². The van der Waals surface area contributed by atoms with Crippen LogP contribution in [0.25, 0.3) is 11.3 Å². The number of nitrogens with two attached hydrogens (primary N) is 1. The molecule has 2 aromatic rings. The Hall–Kier alpha value is -1.74. The zero-order valence-corrected chi connectivity index (χ0v) is 11.8. The number of hydrogen-bond donors (Lipinski definition) is 1. The molecule has 0 radical (unpaired) electrons. The molecular weight excluding hydrogens is 246 g/mol. The third kappa shape index (κ3) is 2.73. The van der Waals surface area contributed by atoms with E-state index in [0.29, 0.717) is 6.54 Å². The maximum absolute atomic E-state index is 5.66. The van der Waals surface area contributed by atoms with Gasteiger partial charge in [0.15, 0.2) is 0 Å². The Labute approximate surface area is 120 Å². The van der Waals surface area contributed by atoms with Gasteiger partial charge < -0.3 is 5.73 Å². The predicted molar refractivity (Wildman–Crippen MR) is 81.2 cm³/mol. The van der Waals surface area contributed by atoms with Gasteiger partial charge in [-0.2, -0.15) is 10.2 Å². The Kier molecular flexibility index (Phi) is 4.07. The van der Waals surface area contributed by atoms with Crippen LogP contribution in [0.4, 0.5) is 0 Å². The van der Waals surface area contributed by atoms with E-state index in [2.05, 4.69) is 34.5 Å². The van der Waals surface area contributed by atoms with Crippen LogP contribution in [0.2, 0.25) is 0 Å². The molecule has 20 heavy (non-hydrogen) atoms. The molecule has 0 fully saturated rings. The van der Waals surface area contributed by atoms with E-state index in [9.17, 15) is 0 Å². The number of rotatable bonds is 2. The molecule has 3 nitrogen and oxygen atoms in total. The molecule has 3 heteroatoms. The lowest BCUT2D eigenvalue weighted by Gasteiger charge is -2.16. The van der Waals surface area contributed by atoms with Crippen LogP contribution in [0.15, 0.2) is 30.5 Å². The molecule has 1 aromatic heterocycles. The second-order valence-corrected chi connectivity index (χ2v) is 5.51. The molecule has 0 bridgehead atoms. The third-order valence-electron chi connectivity index (χ3n) is 4.13. The smallest absolute Gasteiger partial charge is 0.0964 e. The highest BCUT2D eigenvalue weighted by atomic mass is 15.1. The minimum absolute atomic E-state index is 0.582. The van der Waals surface area contributed by atoms with Crippen LogP contribution in [0.1, 0.15) is 42.4 Å². The molecule has 104 valence electrons. The van der Waals surface area contributed by atoms with Crippen molar-refractivity contribution in [3.8, 4) is 11.3 Å². The molecule has 0 spiro atoms. The summed E-state index contributed by atoms with van der Waals surface area (Å²) in [5.74, 6) is 0. The van der Waals surface area contributed by atoms with Gasteiger partial charge in [0.05, 0.1) is 11.9 Å². The van der Waals surface area contributed by atoms with E-state index < -0.39 is 0 Å². The Morgan fingerprint density at radius 1 is 0.950 bits per heavy atom. The maximum Gasteiger partial charge on any atom is 0.0964 e. The van der Waals surface area contributed by atoms with Crippen LogP contribution in [-0.4, -0.2) is 10.2 Å². The second kappa shape index (κ2) is 6.14. The highest BCUT2D eigenvalue weighted by molar-refractivity contribution is 5.64. The Balaban J connectivity index is 2.01. The van der Waals surface area contributed by atoms with E-state index >= 15 is 0 Å². The SMILES string of the molecule is NCc1ccc(-c2nncc3c2CCCCCC3)cc1. The van der Waals surface area contributed by atoms with Gasteiger partial charge in [-0.15, -0.1) is 0 Å². The molecule has 3 rings (SSSR count). The standard InChI is InChI=1S/C17H21N3/c18-11-13-7-9-14(10-8-13)17-16-6-4-2-1-3-5-15(16)12-19-20-17/h7-10,12H,1-6,11,18H2. The normalized spacial score (nSPS) is 15.2. The Morgan fingerprint density at radius 3 is 2.45 bits per heavy atom. The summed E-state index contributed by atoms with van der Waals surface area (Å²) >= 11 is 0. The van der Waals surface area contributed by atoms with Crippen molar-refractivity contribution in [1.29, 1.82) is 0 Å². The molecule has 0 amide bonds. The first-order valence-electron chi connectivity index (χ1n) is 7.51. The minimum Gasteiger partial charge on any atom is -0.326 e. The first-order valence-corrected chi connectivity index (χ1v) is 7.51. The molecule has 0 aliphatic heterocycles. The summed E-state index contributed by atoms with van der Waals surface area (Å²) in [7, 11) is 0. The van der Waals surface area contributed by atoms with E-state index in [4.69, 9.17) is 5.73 Å². The molecule has 1 aliphatic rings. The summed E-state index contributed by atoms with van der Waals surface area (Å²) in [4.78, 5) is 0. The lowest BCUT2D eigenvalue weighted by molar-refractivity contribution is 0.613. The van der Waals surface area contributed by atoms with Crippen LogP contribution in [0.5, 0.6) is 0 Å². The maximum atomic E-state index is 5.66. The quantitative estimate of drug-likeness (QED) is 0.908. The topological polar surface area (TPSA) is 51.8 Å². The summed E-state index contributed by atoms with van der Waals surface area (Å²) in [6, 6.07) is 8.40. The van der Waals surface area contributed by atoms with Crippen LogP contribution < -0.4 is 5.73 Å². The fourth-order valence-corrected chi connectivity index (χ4v) is 2.94. The van der Waals surface area contributed by atoms with Crippen molar-refractivity contribution in [3.63, 3.8) is 0 Å². The number of hydrogen-bond acceptors (Lipinski definition) is 3. The highest BCUT2D eigenvalue weighted by Crippen LogP contribution is 2.28. The van der Waals surface area contributed by atoms with Gasteiger partial charge in [0.25, 0.3) is 0 Å². The van der Waals surface area contributed by atoms with E-state index in [1.807, 2.05) is 6.20 Å². The molecular formula is C17H21N3. The average molecular weight is 267 g/mol. The highest BCUT2D eigenvalue weighted by Gasteiger charge is 2.14. The van der Waals surface area contributed by atoms with Crippen LogP contribution in [0, 0.1) is 0 Å². The van der Waals surface area contributed by atoms with Gasteiger partial charge >= 0.3 is 0 Å². The van der Waals surface area contributed by atoms with Crippen LogP contribution >= 0.6 is 0 Å². The molecule has 2 N–H and O–H groups in total. The van der Waals surface area contributed by atoms with Crippen molar-refractivity contribution in [3.05, 3.63) is 47.2 Å². The average Bonchev–Trinajstić information content (AvgIpc) is 2.47. The number of nitrogens with zero attached hydrogens (tertiary/aromatic N) is 2. The van der Waals surface area contributed by atoms with E-state index in [1.54, 1.807) is 0 Å². The number of aromatic nitrogens is 2. The molecule has 0 saturated carbocycles. The third-order valence-corrected chi connectivity index (χ3v) is 4.13. The fraction of sp³-hybridized carbons (Fsp3) is 0.412. The first kappa shape index (κ1) is 13.3. The number of benzene rings is 1. The van der Waals surface area contributed by atoms with E-state index in [0.717, 1.165) is 29.7 Å². The molecule has 0 atom stereocenters. The molecule has 0 saturated heterocycles. The molecule has 1 aliphatic carbocycles. The fourth-order valence-electron chi connectivity index (χ4n) is 2.94. The van der Waals surface area contributed by atoms with Crippen molar-refractivity contribution in [2.24, 2.45) is 5.73 Å². The van der Waals surface area contributed by atoms with Crippen molar-refractivity contribution >= 4 is 0 Å². The lowest BCUT2D eigenvalue weighted by Crippen LogP contribution is -2.05. The van der Waals surface area contributed by atoms with Crippen molar-refractivity contribution in [2.45, 2.75) is 45.1 Å². The molecule has 1 aromatic carbocycles. The summed E-state index contributed by atoms with van der Waals surface area (Å²) < 4.78 is 0. The summed E-state index contributed by atoms with van der Waals surface area (Å²) in [6.45, 7) is 0.582.